The number of hydrogen-bond acceptors (Lipinski definition) is 2. The molecule has 1 saturated carbocycles. The first kappa shape index (κ1) is 12.2. The molecule has 5 heteroatoms. The molecule has 2 amide bonds. The van der Waals surface area contributed by atoms with Crippen LogP contribution in [0, 0.1) is 0 Å². The summed E-state index contributed by atoms with van der Waals surface area (Å²) in [5.41, 5.74) is 6.48. The first-order valence-corrected chi connectivity index (χ1v) is 6.05. The number of amides is 2. The molecular weight excluding hydrogens is 238 g/mol. The van der Waals surface area contributed by atoms with Gasteiger partial charge in [-0.3, -0.25) is 0 Å². The van der Waals surface area contributed by atoms with Crippen LogP contribution in [0.5, 0.6) is 0 Å². The van der Waals surface area contributed by atoms with Crippen LogP contribution in [0.25, 0.3) is 0 Å². The normalized spacial score (nSPS) is 17.1. The maximum absolute atomic E-state index is 11.6. The maximum Gasteiger partial charge on any atom is 0.319 e. The van der Waals surface area contributed by atoms with E-state index in [1.54, 1.807) is 24.3 Å². The summed E-state index contributed by atoms with van der Waals surface area (Å²) >= 11 is 5.82. The standard InChI is InChI=1S/C12H16ClN3O/c13-9-3-1-4-10(7-9)16-11(17)15-8-12(14)5-2-6-12/h1,3-4,7H,2,5-6,8,14H2,(H2,15,16,17). The minimum absolute atomic E-state index is 0.203. The van der Waals surface area contributed by atoms with Gasteiger partial charge in [-0.05, 0) is 37.5 Å². The highest BCUT2D eigenvalue weighted by molar-refractivity contribution is 6.30. The van der Waals surface area contributed by atoms with Gasteiger partial charge in [-0.1, -0.05) is 17.7 Å². The second-order valence-electron chi connectivity index (χ2n) is 4.53. The Morgan fingerprint density at radius 3 is 2.82 bits per heavy atom. The van der Waals surface area contributed by atoms with Gasteiger partial charge in [0, 0.05) is 22.8 Å². The Morgan fingerprint density at radius 1 is 1.47 bits per heavy atom. The zero-order chi connectivity index (χ0) is 12.3. The van der Waals surface area contributed by atoms with Gasteiger partial charge in [0.05, 0.1) is 0 Å². The fraction of sp³-hybridized carbons (Fsp3) is 0.417. The Hall–Kier alpha value is -1.26. The number of anilines is 1. The largest absolute Gasteiger partial charge is 0.336 e. The van der Waals surface area contributed by atoms with Gasteiger partial charge in [-0.15, -0.1) is 0 Å². The van der Waals surface area contributed by atoms with E-state index in [0.717, 1.165) is 19.3 Å². The summed E-state index contributed by atoms with van der Waals surface area (Å²) in [7, 11) is 0. The number of nitrogens with two attached hydrogens (primary N) is 1. The van der Waals surface area contributed by atoms with Crippen LogP contribution in [0.2, 0.25) is 5.02 Å². The fourth-order valence-electron chi connectivity index (χ4n) is 1.81. The van der Waals surface area contributed by atoms with Gasteiger partial charge in [-0.25, -0.2) is 4.79 Å². The average molecular weight is 254 g/mol. The van der Waals surface area contributed by atoms with Crippen molar-refractivity contribution in [2.45, 2.75) is 24.8 Å². The molecular formula is C12H16ClN3O. The lowest BCUT2D eigenvalue weighted by Crippen LogP contribution is -2.55. The quantitative estimate of drug-likeness (QED) is 0.774. The minimum Gasteiger partial charge on any atom is -0.336 e. The van der Waals surface area contributed by atoms with E-state index < -0.39 is 0 Å². The van der Waals surface area contributed by atoms with Gasteiger partial charge in [0.2, 0.25) is 0 Å². The van der Waals surface area contributed by atoms with Crippen LogP contribution in [0.4, 0.5) is 10.5 Å². The monoisotopic (exact) mass is 253 g/mol. The summed E-state index contributed by atoms with van der Waals surface area (Å²) in [5, 5.41) is 6.08. The zero-order valence-corrected chi connectivity index (χ0v) is 10.3. The molecule has 0 aliphatic heterocycles. The molecule has 0 spiro atoms. The van der Waals surface area contributed by atoms with Gasteiger partial charge in [0.25, 0.3) is 0 Å². The van der Waals surface area contributed by atoms with Crippen molar-refractivity contribution in [2.75, 3.05) is 11.9 Å². The number of urea groups is 1. The molecule has 0 unspecified atom stereocenters. The van der Waals surface area contributed by atoms with E-state index >= 15 is 0 Å². The molecule has 0 radical (unpaired) electrons. The number of hydrogen-bond donors (Lipinski definition) is 3. The van der Waals surface area contributed by atoms with E-state index in [2.05, 4.69) is 10.6 Å². The molecule has 0 bridgehead atoms. The summed E-state index contributed by atoms with van der Waals surface area (Å²) in [6.07, 6.45) is 3.10. The summed E-state index contributed by atoms with van der Waals surface area (Å²) in [4.78, 5) is 11.6. The summed E-state index contributed by atoms with van der Waals surface area (Å²) in [6.45, 7) is 0.513. The molecule has 1 aromatic carbocycles. The first-order valence-electron chi connectivity index (χ1n) is 5.67. The van der Waals surface area contributed by atoms with Crippen molar-refractivity contribution >= 4 is 23.3 Å². The van der Waals surface area contributed by atoms with Gasteiger partial charge < -0.3 is 16.4 Å². The Morgan fingerprint density at radius 2 is 2.24 bits per heavy atom. The molecule has 1 aliphatic carbocycles. The van der Waals surface area contributed by atoms with Gasteiger partial charge >= 0.3 is 6.03 Å². The third-order valence-electron chi connectivity index (χ3n) is 3.03. The average Bonchev–Trinajstić information content (AvgIpc) is 2.24. The van der Waals surface area contributed by atoms with Crippen molar-refractivity contribution in [2.24, 2.45) is 5.73 Å². The fourth-order valence-corrected chi connectivity index (χ4v) is 2.00. The van der Waals surface area contributed by atoms with Crippen LogP contribution < -0.4 is 16.4 Å². The predicted octanol–water partition coefficient (Wildman–Crippen LogP) is 2.34. The van der Waals surface area contributed by atoms with E-state index in [0.29, 0.717) is 17.3 Å². The molecule has 4 nitrogen and oxygen atoms in total. The number of rotatable bonds is 3. The van der Waals surface area contributed by atoms with Crippen LogP contribution >= 0.6 is 11.6 Å². The van der Waals surface area contributed by atoms with Gasteiger partial charge in [0.1, 0.15) is 0 Å². The van der Waals surface area contributed by atoms with Crippen LogP contribution in [0.15, 0.2) is 24.3 Å². The smallest absolute Gasteiger partial charge is 0.319 e. The molecule has 0 atom stereocenters. The highest BCUT2D eigenvalue weighted by atomic mass is 35.5. The van der Waals surface area contributed by atoms with E-state index in [4.69, 9.17) is 17.3 Å². The molecule has 17 heavy (non-hydrogen) atoms. The first-order chi connectivity index (χ1) is 8.07. The number of carbonyl (C=O) groups excluding carboxylic acids is 1. The zero-order valence-electron chi connectivity index (χ0n) is 9.50. The van der Waals surface area contributed by atoms with Crippen LogP contribution in [-0.4, -0.2) is 18.1 Å². The van der Waals surface area contributed by atoms with Crippen LogP contribution in [0.1, 0.15) is 19.3 Å². The Kier molecular flexibility index (Phi) is 3.54. The minimum atomic E-state index is -0.246. The highest BCUT2D eigenvalue weighted by Gasteiger charge is 2.32. The maximum atomic E-state index is 11.6. The molecule has 0 aromatic heterocycles. The molecule has 1 aliphatic rings. The van der Waals surface area contributed by atoms with Gasteiger partial charge in [-0.2, -0.15) is 0 Å². The molecule has 4 N–H and O–H groups in total. The molecule has 2 rings (SSSR count). The number of nitrogens with one attached hydrogen (secondary N) is 2. The lowest BCUT2D eigenvalue weighted by molar-refractivity contribution is 0.225. The van der Waals surface area contributed by atoms with E-state index in [1.165, 1.54) is 0 Å². The molecule has 0 heterocycles. The SMILES string of the molecule is NC1(CNC(=O)Nc2cccc(Cl)c2)CCC1. The Labute approximate surface area is 106 Å². The number of carbonyl (C=O) groups is 1. The Bertz CT molecular complexity index is 418. The van der Waals surface area contributed by atoms with Crippen molar-refractivity contribution in [3.05, 3.63) is 29.3 Å². The van der Waals surface area contributed by atoms with Gasteiger partial charge in [0.15, 0.2) is 0 Å². The molecule has 92 valence electrons. The number of benzene rings is 1. The second kappa shape index (κ2) is 4.94. The van der Waals surface area contributed by atoms with Crippen molar-refractivity contribution in [1.29, 1.82) is 0 Å². The van der Waals surface area contributed by atoms with E-state index in [9.17, 15) is 4.79 Å². The van der Waals surface area contributed by atoms with Crippen molar-refractivity contribution in [3.8, 4) is 0 Å². The van der Waals surface area contributed by atoms with E-state index in [1.807, 2.05) is 0 Å². The topological polar surface area (TPSA) is 67.1 Å². The van der Waals surface area contributed by atoms with E-state index in [-0.39, 0.29) is 11.6 Å². The van der Waals surface area contributed by atoms with Crippen molar-refractivity contribution in [3.63, 3.8) is 0 Å². The van der Waals surface area contributed by atoms with Crippen LogP contribution in [0.3, 0.4) is 0 Å². The predicted molar refractivity (Wildman–Crippen MR) is 69.2 cm³/mol. The lowest BCUT2D eigenvalue weighted by atomic mass is 9.78. The van der Waals surface area contributed by atoms with Crippen molar-refractivity contribution < 1.29 is 4.79 Å². The van der Waals surface area contributed by atoms with Crippen LogP contribution in [-0.2, 0) is 0 Å². The molecule has 0 saturated heterocycles. The summed E-state index contributed by atoms with van der Waals surface area (Å²) < 4.78 is 0. The van der Waals surface area contributed by atoms with Crippen molar-refractivity contribution in [1.82, 2.24) is 5.32 Å². The third kappa shape index (κ3) is 3.35. The molecule has 1 fully saturated rings. The summed E-state index contributed by atoms with van der Waals surface area (Å²) in [5.74, 6) is 0. The molecule has 1 aromatic rings. The summed E-state index contributed by atoms with van der Waals surface area (Å²) in [6, 6.07) is 6.78. The third-order valence-corrected chi connectivity index (χ3v) is 3.27. The number of halogens is 1. The highest BCUT2D eigenvalue weighted by Crippen LogP contribution is 2.28. The second-order valence-corrected chi connectivity index (χ2v) is 4.97. The lowest BCUT2D eigenvalue weighted by Gasteiger charge is -2.38. The Balaban J connectivity index is 1.81.